The lowest BCUT2D eigenvalue weighted by atomic mass is 9.92. The molecule has 132 valence electrons. The average molecular weight is 343 g/mol. The van der Waals surface area contributed by atoms with Gasteiger partial charge in [-0.2, -0.15) is 0 Å². The zero-order valence-corrected chi connectivity index (χ0v) is 14.1. The Kier molecular flexibility index (Phi) is 4.00. The van der Waals surface area contributed by atoms with Gasteiger partial charge in [0.15, 0.2) is 5.76 Å². The van der Waals surface area contributed by atoms with Crippen LogP contribution in [0.4, 0.5) is 0 Å². The second kappa shape index (κ2) is 6.19. The molecule has 4 rings (SSSR count). The minimum atomic E-state index is -0.811. The Bertz CT molecular complexity index is 822. The molecule has 2 fully saturated rings. The summed E-state index contributed by atoms with van der Waals surface area (Å²) in [7, 11) is 1.58. The first-order valence-electron chi connectivity index (χ1n) is 8.61. The van der Waals surface area contributed by atoms with Crippen LogP contribution in [-0.4, -0.2) is 42.1 Å². The first-order chi connectivity index (χ1) is 12.1. The fourth-order valence-corrected chi connectivity index (χ4v) is 3.96. The Morgan fingerprint density at radius 3 is 2.72 bits per heavy atom. The van der Waals surface area contributed by atoms with Crippen molar-refractivity contribution in [2.24, 2.45) is 17.8 Å². The van der Waals surface area contributed by atoms with Crippen LogP contribution in [0.25, 0.3) is 11.0 Å². The number of hydrogen-bond acceptors (Lipinski definition) is 4. The lowest BCUT2D eigenvalue weighted by molar-refractivity contribution is -0.142. The predicted octanol–water partition coefficient (Wildman–Crippen LogP) is 2.76. The van der Waals surface area contributed by atoms with Gasteiger partial charge in [-0.15, -0.1) is 0 Å². The van der Waals surface area contributed by atoms with Crippen molar-refractivity contribution in [3.8, 4) is 0 Å². The maximum Gasteiger partial charge on any atom is 0.308 e. The number of carboxylic acid groups (broad SMARTS) is 1. The average Bonchev–Trinajstić information content (AvgIpc) is 3.24. The Morgan fingerprint density at radius 1 is 1.28 bits per heavy atom. The fourth-order valence-electron chi connectivity index (χ4n) is 3.96. The van der Waals surface area contributed by atoms with Crippen molar-refractivity contribution in [3.63, 3.8) is 0 Å². The summed E-state index contributed by atoms with van der Waals surface area (Å²) < 4.78 is 11.1. The molecule has 2 atom stereocenters. The van der Waals surface area contributed by atoms with Crippen LogP contribution in [0.3, 0.4) is 0 Å². The summed E-state index contributed by atoms with van der Waals surface area (Å²) in [5.74, 6) is -0.772. The Morgan fingerprint density at radius 2 is 2.04 bits per heavy atom. The number of furan rings is 1. The number of carbonyl (C=O) groups excluding carboxylic acids is 1. The van der Waals surface area contributed by atoms with Crippen molar-refractivity contribution >= 4 is 22.8 Å². The van der Waals surface area contributed by atoms with Crippen LogP contribution >= 0.6 is 0 Å². The fraction of sp³-hybridized carbons (Fsp3) is 0.474. The zero-order valence-electron chi connectivity index (χ0n) is 14.1. The van der Waals surface area contributed by atoms with Crippen molar-refractivity contribution in [3.05, 3.63) is 35.6 Å². The predicted molar refractivity (Wildman–Crippen MR) is 90.2 cm³/mol. The molecule has 1 aliphatic carbocycles. The number of amides is 1. The van der Waals surface area contributed by atoms with Gasteiger partial charge in [0.2, 0.25) is 0 Å². The van der Waals surface area contributed by atoms with Crippen LogP contribution < -0.4 is 0 Å². The number of para-hydroxylation sites is 1. The van der Waals surface area contributed by atoms with Crippen LogP contribution in [0.1, 0.15) is 29.0 Å². The van der Waals surface area contributed by atoms with E-state index in [1.54, 1.807) is 12.0 Å². The third-order valence-corrected chi connectivity index (χ3v) is 5.38. The number of ether oxygens (including phenoxy) is 1. The number of methoxy groups -OCH3 is 1. The third kappa shape index (κ3) is 2.80. The molecule has 2 aliphatic rings. The van der Waals surface area contributed by atoms with E-state index in [-0.39, 0.29) is 30.7 Å². The smallest absolute Gasteiger partial charge is 0.308 e. The number of aliphatic carboxylic acids is 1. The van der Waals surface area contributed by atoms with Gasteiger partial charge in [-0.05, 0) is 30.7 Å². The minimum absolute atomic E-state index is 0.0525. The van der Waals surface area contributed by atoms with E-state index in [4.69, 9.17) is 9.15 Å². The molecule has 0 radical (unpaired) electrons. The van der Waals surface area contributed by atoms with Gasteiger partial charge in [0, 0.05) is 31.1 Å². The first kappa shape index (κ1) is 16.1. The Balaban J connectivity index is 1.66. The highest BCUT2D eigenvalue weighted by atomic mass is 16.5. The lowest BCUT2D eigenvalue weighted by Crippen LogP contribution is -2.30. The zero-order chi connectivity index (χ0) is 17.6. The molecular weight excluding hydrogens is 322 g/mol. The van der Waals surface area contributed by atoms with E-state index < -0.39 is 11.9 Å². The highest BCUT2D eigenvalue weighted by Gasteiger charge is 2.47. The van der Waals surface area contributed by atoms with Crippen molar-refractivity contribution in [1.82, 2.24) is 4.90 Å². The number of rotatable bonds is 5. The number of likely N-dealkylation sites (tertiary alicyclic amines) is 1. The largest absolute Gasteiger partial charge is 0.481 e. The molecule has 0 bridgehead atoms. The quantitative estimate of drug-likeness (QED) is 0.903. The second-order valence-corrected chi connectivity index (χ2v) is 7.00. The molecule has 1 aromatic carbocycles. The molecule has 0 unspecified atom stereocenters. The molecule has 0 spiro atoms. The van der Waals surface area contributed by atoms with Gasteiger partial charge in [0.25, 0.3) is 5.91 Å². The molecule has 2 aromatic rings. The van der Waals surface area contributed by atoms with E-state index in [1.165, 1.54) is 0 Å². The number of benzene rings is 1. The van der Waals surface area contributed by atoms with Gasteiger partial charge in [-0.1, -0.05) is 18.2 Å². The van der Waals surface area contributed by atoms with Crippen LogP contribution in [0.2, 0.25) is 0 Å². The van der Waals surface area contributed by atoms with Gasteiger partial charge < -0.3 is 19.2 Å². The summed E-state index contributed by atoms with van der Waals surface area (Å²) in [6.45, 7) is 1.02. The number of fused-ring (bicyclic) bond motifs is 1. The summed E-state index contributed by atoms with van der Waals surface area (Å²) in [5.41, 5.74) is 1.37. The molecule has 6 nitrogen and oxygen atoms in total. The van der Waals surface area contributed by atoms with E-state index in [1.807, 2.05) is 24.3 Å². The topological polar surface area (TPSA) is 80.0 Å². The van der Waals surface area contributed by atoms with Crippen molar-refractivity contribution in [1.29, 1.82) is 0 Å². The van der Waals surface area contributed by atoms with Crippen molar-refractivity contribution in [2.45, 2.75) is 19.4 Å². The summed E-state index contributed by atoms with van der Waals surface area (Å²) in [4.78, 5) is 26.3. The highest BCUT2D eigenvalue weighted by molar-refractivity contribution is 5.99. The monoisotopic (exact) mass is 343 g/mol. The molecule has 25 heavy (non-hydrogen) atoms. The van der Waals surface area contributed by atoms with Gasteiger partial charge in [0.1, 0.15) is 5.58 Å². The minimum Gasteiger partial charge on any atom is -0.481 e. The number of carbonyl (C=O) groups is 2. The van der Waals surface area contributed by atoms with E-state index >= 15 is 0 Å². The summed E-state index contributed by atoms with van der Waals surface area (Å²) in [6, 6.07) is 7.48. The van der Waals surface area contributed by atoms with Gasteiger partial charge >= 0.3 is 5.97 Å². The normalized spacial score (nSPS) is 23.3. The summed E-state index contributed by atoms with van der Waals surface area (Å²) >= 11 is 0. The van der Waals surface area contributed by atoms with Gasteiger partial charge in [-0.3, -0.25) is 9.59 Å². The van der Waals surface area contributed by atoms with E-state index in [9.17, 15) is 14.7 Å². The SMILES string of the molecule is COCc1c(C(=O)N2C[C@H](C(=O)O)[C@@H](C3CC3)C2)oc2ccccc12. The van der Waals surface area contributed by atoms with Crippen molar-refractivity contribution in [2.75, 3.05) is 20.2 Å². The molecule has 1 N–H and O–H groups in total. The number of hydrogen-bond donors (Lipinski definition) is 1. The van der Waals surface area contributed by atoms with Crippen LogP contribution in [0.5, 0.6) is 0 Å². The first-order valence-corrected chi connectivity index (χ1v) is 8.61. The maximum atomic E-state index is 13.1. The Hall–Kier alpha value is -2.34. The van der Waals surface area contributed by atoms with Gasteiger partial charge in [0.05, 0.1) is 12.5 Å². The van der Waals surface area contributed by atoms with Gasteiger partial charge in [-0.25, -0.2) is 0 Å². The van der Waals surface area contributed by atoms with Crippen LogP contribution in [0, 0.1) is 17.8 Å². The van der Waals surface area contributed by atoms with E-state index in [0.717, 1.165) is 23.8 Å². The highest BCUT2D eigenvalue weighted by Crippen LogP contribution is 2.44. The van der Waals surface area contributed by atoms with Crippen LogP contribution in [-0.2, 0) is 16.1 Å². The molecule has 1 aliphatic heterocycles. The maximum absolute atomic E-state index is 13.1. The molecule has 1 saturated carbocycles. The molecule has 1 amide bonds. The molecular formula is C19H21NO5. The summed E-state index contributed by atoms with van der Waals surface area (Å²) in [5, 5.41) is 10.4. The molecule has 2 heterocycles. The summed E-state index contributed by atoms with van der Waals surface area (Å²) in [6.07, 6.45) is 2.13. The third-order valence-electron chi connectivity index (χ3n) is 5.38. The Labute approximate surface area is 145 Å². The van der Waals surface area contributed by atoms with E-state index in [2.05, 4.69) is 0 Å². The van der Waals surface area contributed by atoms with E-state index in [0.29, 0.717) is 18.0 Å². The number of nitrogens with zero attached hydrogens (tertiary/aromatic N) is 1. The van der Waals surface area contributed by atoms with Crippen molar-refractivity contribution < 1.29 is 23.8 Å². The molecule has 1 aromatic heterocycles. The molecule has 6 heteroatoms. The standard InChI is InChI=1S/C19H21NO5/c1-24-10-15-12-4-2-3-5-16(12)25-17(15)18(21)20-8-13(11-6-7-11)14(9-20)19(22)23/h2-5,11,13-14H,6-10H2,1H3,(H,22,23)/t13-,14+/m1/s1. The number of carboxylic acids is 1. The second-order valence-electron chi connectivity index (χ2n) is 7.00. The molecule has 1 saturated heterocycles. The van der Waals surface area contributed by atoms with Crippen LogP contribution in [0.15, 0.2) is 28.7 Å². The lowest BCUT2D eigenvalue weighted by Gasteiger charge is -2.15.